The molecule has 55 heavy (non-hydrogen) atoms. The Bertz CT molecular complexity index is 1550. The van der Waals surface area contributed by atoms with Gasteiger partial charge in [0.1, 0.15) is 42.3 Å². The summed E-state index contributed by atoms with van der Waals surface area (Å²) in [6.45, 7) is 9.98. The summed E-state index contributed by atoms with van der Waals surface area (Å²) in [7, 11) is 0. The van der Waals surface area contributed by atoms with Crippen LogP contribution in [0.3, 0.4) is 0 Å². The van der Waals surface area contributed by atoms with Crippen LogP contribution in [0.15, 0.2) is 30.3 Å². The third-order valence-corrected chi connectivity index (χ3v) is 9.52. The molecule has 2 aliphatic rings. The Kier molecular flexibility index (Phi) is 16.6. The van der Waals surface area contributed by atoms with Crippen molar-refractivity contribution in [1.29, 1.82) is 0 Å². The van der Waals surface area contributed by atoms with Crippen LogP contribution in [0.25, 0.3) is 0 Å². The van der Waals surface area contributed by atoms with Crippen molar-refractivity contribution in [2.24, 2.45) is 23.5 Å². The average molecular weight is 771 g/mol. The Morgan fingerprint density at radius 2 is 1.20 bits per heavy atom. The van der Waals surface area contributed by atoms with Gasteiger partial charge in [-0.3, -0.25) is 38.4 Å². The van der Waals surface area contributed by atoms with E-state index in [1.807, 2.05) is 13.8 Å². The molecule has 0 aliphatic carbocycles. The predicted molar refractivity (Wildman–Crippen MR) is 201 cm³/mol. The van der Waals surface area contributed by atoms with Crippen LogP contribution >= 0.6 is 0 Å². The summed E-state index contributed by atoms with van der Waals surface area (Å²) < 4.78 is 0. The fourth-order valence-corrected chi connectivity index (χ4v) is 6.70. The first kappa shape index (κ1) is 44.3. The molecule has 0 bridgehead atoms. The average Bonchev–Trinajstić information content (AvgIpc) is 3.60. The van der Waals surface area contributed by atoms with E-state index in [9.17, 15) is 43.5 Å². The van der Waals surface area contributed by atoms with Gasteiger partial charge in [0.05, 0.1) is 13.0 Å². The Morgan fingerprint density at radius 1 is 0.691 bits per heavy atom. The van der Waals surface area contributed by atoms with Crippen molar-refractivity contribution >= 4 is 47.3 Å². The number of primary amides is 1. The fourth-order valence-electron chi connectivity index (χ4n) is 6.70. The highest BCUT2D eigenvalue weighted by Crippen LogP contribution is 2.22. The summed E-state index contributed by atoms with van der Waals surface area (Å²) in [5, 5.41) is 25.9. The third-order valence-electron chi connectivity index (χ3n) is 9.52. The third kappa shape index (κ3) is 13.0. The van der Waals surface area contributed by atoms with Gasteiger partial charge in [-0.05, 0) is 49.0 Å². The molecule has 0 radical (unpaired) electrons. The number of hydrogen-bond acceptors (Lipinski definition) is 9. The molecule has 2 saturated heterocycles. The van der Waals surface area contributed by atoms with Crippen LogP contribution in [0.1, 0.15) is 79.2 Å². The molecule has 7 unspecified atom stereocenters. The summed E-state index contributed by atoms with van der Waals surface area (Å²) in [4.78, 5) is 110. The molecule has 304 valence electrons. The Morgan fingerprint density at radius 3 is 1.78 bits per heavy atom. The van der Waals surface area contributed by atoms with Gasteiger partial charge >= 0.3 is 0 Å². The number of hydrogen-bond donors (Lipinski definition) is 8. The number of nitrogens with two attached hydrogens (primary N) is 1. The van der Waals surface area contributed by atoms with Gasteiger partial charge in [-0.15, -0.1) is 0 Å². The van der Waals surface area contributed by atoms with E-state index in [0.717, 1.165) is 0 Å². The number of amides is 8. The first-order chi connectivity index (χ1) is 25.9. The molecule has 1 aromatic rings. The lowest BCUT2D eigenvalue weighted by Gasteiger charge is -2.32. The second-order valence-corrected chi connectivity index (χ2v) is 15.5. The number of fused-ring (bicyclic) bond motifs is 1. The van der Waals surface area contributed by atoms with E-state index in [1.54, 1.807) is 58.0 Å². The Balaban J connectivity index is 2.12. The minimum atomic E-state index is -1.57. The minimum Gasteiger partial charge on any atom is -0.394 e. The number of rotatable bonds is 10. The summed E-state index contributed by atoms with van der Waals surface area (Å²) in [6, 6.07) is -0.144. The smallest absolute Gasteiger partial charge is 0.245 e. The van der Waals surface area contributed by atoms with Gasteiger partial charge < -0.3 is 47.6 Å². The Hall–Kier alpha value is -5.06. The summed E-state index contributed by atoms with van der Waals surface area (Å²) in [5.74, 6) is -7.02. The van der Waals surface area contributed by atoms with Crippen molar-refractivity contribution in [3.05, 3.63) is 35.9 Å². The highest BCUT2D eigenvalue weighted by atomic mass is 16.3. The predicted octanol–water partition coefficient (Wildman–Crippen LogP) is -1.24. The van der Waals surface area contributed by atoms with Gasteiger partial charge in [0.2, 0.25) is 47.3 Å². The zero-order valence-electron chi connectivity index (χ0n) is 32.6. The van der Waals surface area contributed by atoms with Gasteiger partial charge in [-0.25, -0.2) is 0 Å². The van der Waals surface area contributed by atoms with E-state index in [-0.39, 0.29) is 44.1 Å². The van der Waals surface area contributed by atoms with Gasteiger partial charge in [0.15, 0.2) is 0 Å². The van der Waals surface area contributed by atoms with Gasteiger partial charge in [-0.2, -0.15) is 0 Å². The van der Waals surface area contributed by atoms with Crippen molar-refractivity contribution in [2.75, 3.05) is 13.2 Å². The molecular formula is C38H58N8O9. The number of carbonyl (C=O) groups is 8. The van der Waals surface area contributed by atoms with Crippen molar-refractivity contribution < 1.29 is 43.5 Å². The van der Waals surface area contributed by atoms with Crippen LogP contribution in [-0.4, -0.2) is 113 Å². The number of aliphatic hydroxyl groups excluding tert-OH is 1. The summed E-state index contributed by atoms with van der Waals surface area (Å²) in [5.41, 5.74) is 6.11. The van der Waals surface area contributed by atoms with Gasteiger partial charge in [0, 0.05) is 13.0 Å². The lowest BCUT2D eigenvalue weighted by Crippen LogP contribution is -2.61. The van der Waals surface area contributed by atoms with Crippen molar-refractivity contribution in [3.8, 4) is 0 Å². The van der Waals surface area contributed by atoms with Crippen LogP contribution in [0.2, 0.25) is 0 Å². The normalized spacial score (nSPS) is 26.7. The number of carbonyl (C=O) groups excluding carboxylic acids is 8. The van der Waals surface area contributed by atoms with Crippen molar-refractivity contribution in [3.63, 3.8) is 0 Å². The second kappa shape index (κ2) is 20.6. The van der Waals surface area contributed by atoms with Crippen LogP contribution in [0.4, 0.5) is 0 Å². The van der Waals surface area contributed by atoms with E-state index >= 15 is 0 Å². The van der Waals surface area contributed by atoms with Crippen molar-refractivity contribution in [2.45, 2.75) is 122 Å². The maximum Gasteiger partial charge on any atom is 0.245 e. The maximum absolute atomic E-state index is 14.2. The molecule has 0 spiro atoms. The summed E-state index contributed by atoms with van der Waals surface area (Å²) >= 11 is 0. The van der Waals surface area contributed by atoms with Gasteiger partial charge in [-0.1, -0.05) is 71.9 Å². The quantitative estimate of drug-likeness (QED) is 0.141. The summed E-state index contributed by atoms with van der Waals surface area (Å²) in [6.07, 6.45) is 0.373. The van der Waals surface area contributed by atoms with Crippen LogP contribution in [0.5, 0.6) is 0 Å². The first-order valence-corrected chi connectivity index (χ1v) is 19.0. The minimum absolute atomic E-state index is 0.00720. The molecule has 9 N–H and O–H groups in total. The van der Waals surface area contributed by atoms with E-state index in [1.165, 1.54) is 4.90 Å². The molecule has 17 nitrogen and oxygen atoms in total. The molecule has 0 saturated carbocycles. The molecule has 8 amide bonds. The highest BCUT2D eigenvalue weighted by molar-refractivity contribution is 5.99. The lowest BCUT2D eigenvalue weighted by molar-refractivity contribution is -0.143. The zero-order chi connectivity index (χ0) is 41.0. The van der Waals surface area contributed by atoms with E-state index < -0.39 is 108 Å². The van der Waals surface area contributed by atoms with Crippen LogP contribution in [-0.2, 0) is 44.8 Å². The fraction of sp³-hybridized carbons (Fsp3) is 0.632. The molecule has 2 heterocycles. The number of aliphatic hydroxyl groups is 1. The monoisotopic (exact) mass is 770 g/mol. The molecular weight excluding hydrogens is 712 g/mol. The topological polar surface area (TPSA) is 258 Å². The van der Waals surface area contributed by atoms with Crippen LogP contribution < -0.4 is 37.6 Å². The molecule has 0 aromatic heterocycles. The lowest BCUT2D eigenvalue weighted by atomic mass is 9.99. The molecule has 3 rings (SSSR count). The van der Waals surface area contributed by atoms with Crippen LogP contribution in [0, 0.1) is 17.8 Å². The van der Waals surface area contributed by atoms with E-state index in [2.05, 4.69) is 31.9 Å². The number of benzene rings is 1. The standard InChI is InChI=1S/C38H58N8O9/c1-20(2)15-24-32(49)44-28(19-47)35(52)41-25(17-23-11-8-7-9-12-23)33(50)43-27(16-21(3)4)38(55)46-14-10-13-29(46)36(53)45-31(22(5)6)37(54)42-26(18-30(39)48)34(51)40-24/h7-9,11-12,20-22,24-29,31,47H,10,13-19H2,1-6H3,(H2,39,48)(H,40,51)(H,41,52)(H,42,54)(H,43,50)(H,44,49)(H,45,53). The molecule has 2 aliphatic heterocycles. The first-order valence-electron chi connectivity index (χ1n) is 19.0. The Labute approximate surface area is 322 Å². The molecule has 17 heteroatoms. The highest BCUT2D eigenvalue weighted by Gasteiger charge is 2.41. The second-order valence-electron chi connectivity index (χ2n) is 15.5. The molecule has 2 fully saturated rings. The number of nitrogens with zero attached hydrogens (tertiary/aromatic N) is 1. The van der Waals surface area contributed by atoms with E-state index in [0.29, 0.717) is 12.0 Å². The van der Waals surface area contributed by atoms with Crippen molar-refractivity contribution in [1.82, 2.24) is 36.8 Å². The SMILES string of the molecule is CC(C)CC1NC(=O)C(CC(N)=O)NC(=O)C(C(C)C)NC(=O)C2CCCN2C(=O)C(CC(C)C)NC(=O)C(Cc2ccccc2)NC(=O)C(CO)NC1=O. The molecule has 1 aromatic carbocycles. The molecule has 7 atom stereocenters. The van der Waals surface area contributed by atoms with Gasteiger partial charge in [0.25, 0.3) is 0 Å². The van der Waals surface area contributed by atoms with E-state index in [4.69, 9.17) is 5.73 Å². The maximum atomic E-state index is 14.2. The number of nitrogens with one attached hydrogen (secondary N) is 6. The zero-order valence-corrected chi connectivity index (χ0v) is 32.6. The largest absolute Gasteiger partial charge is 0.394 e.